The van der Waals surface area contributed by atoms with Gasteiger partial charge in [-0.2, -0.15) is 0 Å². The Balaban J connectivity index is 2.17. The molecule has 0 bridgehead atoms. The Morgan fingerprint density at radius 1 is 1.57 bits per heavy atom. The zero-order valence-corrected chi connectivity index (χ0v) is 8.42. The van der Waals surface area contributed by atoms with E-state index in [1.54, 1.807) is 17.5 Å². The number of nitrogens with two attached hydrogens (primary N) is 2. The van der Waals surface area contributed by atoms with Gasteiger partial charge in [0, 0.05) is 17.5 Å². The van der Waals surface area contributed by atoms with Gasteiger partial charge in [0.1, 0.15) is 5.66 Å². The van der Waals surface area contributed by atoms with Gasteiger partial charge in [-0.15, -0.1) is 11.3 Å². The van der Waals surface area contributed by atoms with Crippen LogP contribution in [0.2, 0.25) is 0 Å². The minimum atomic E-state index is -0.694. The third-order valence-corrected chi connectivity index (χ3v) is 2.85. The molecule has 4 nitrogen and oxygen atoms in total. The van der Waals surface area contributed by atoms with Crippen LogP contribution < -0.4 is 16.8 Å². The second-order valence-corrected chi connectivity index (χ2v) is 4.25. The number of nitrogens with zero attached hydrogens (tertiary/aromatic N) is 1. The fraction of sp³-hybridized carbons (Fsp3) is 0.222. The highest BCUT2D eigenvalue weighted by molar-refractivity contribution is 7.09. The molecule has 74 valence electrons. The van der Waals surface area contributed by atoms with Gasteiger partial charge in [0.2, 0.25) is 0 Å². The molecule has 0 saturated carbocycles. The molecule has 0 saturated heterocycles. The zero-order valence-electron chi connectivity index (χ0n) is 7.60. The quantitative estimate of drug-likeness (QED) is 0.657. The molecule has 1 aromatic heterocycles. The predicted molar refractivity (Wildman–Crippen MR) is 58.8 cm³/mol. The van der Waals surface area contributed by atoms with Crippen LogP contribution in [0.15, 0.2) is 34.8 Å². The van der Waals surface area contributed by atoms with Gasteiger partial charge in [-0.05, 0) is 17.5 Å². The number of thiophene rings is 1. The largest absolute Gasteiger partial charge is 0.370 e. The number of guanidine groups is 1. The third kappa shape index (κ3) is 1.94. The Labute approximate surface area is 86.3 Å². The van der Waals surface area contributed by atoms with Gasteiger partial charge >= 0.3 is 0 Å². The summed E-state index contributed by atoms with van der Waals surface area (Å²) in [5, 5.41) is 4.81. The molecule has 0 fully saturated rings. The van der Waals surface area contributed by atoms with E-state index in [0.29, 0.717) is 12.4 Å². The molecule has 0 aliphatic carbocycles. The SMILES string of the molecule is NC1=NC(N)(Cc2cccs2)C=CN1. The van der Waals surface area contributed by atoms with Crippen LogP contribution in [0.3, 0.4) is 0 Å². The molecule has 14 heavy (non-hydrogen) atoms. The van der Waals surface area contributed by atoms with Gasteiger partial charge in [-0.1, -0.05) is 6.07 Å². The number of nitrogens with one attached hydrogen (secondary N) is 1. The molecule has 0 radical (unpaired) electrons. The molecule has 0 amide bonds. The van der Waals surface area contributed by atoms with Crippen molar-refractivity contribution < 1.29 is 0 Å². The summed E-state index contributed by atoms with van der Waals surface area (Å²) in [6, 6.07) is 4.04. The van der Waals surface area contributed by atoms with Crippen LogP contribution in [0.1, 0.15) is 4.88 Å². The Kier molecular flexibility index (Phi) is 2.26. The van der Waals surface area contributed by atoms with E-state index in [1.165, 1.54) is 4.88 Å². The number of rotatable bonds is 2. The summed E-state index contributed by atoms with van der Waals surface area (Å²) in [7, 11) is 0. The maximum atomic E-state index is 6.05. The maximum absolute atomic E-state index is 6.05. The van der Waals surface area contributed by atoms with E-state index in [2.05, 4.69) is 10.3 Å². The predicted octanol–water partition coefficient (Wildman–Crippen LogP) is 0.377. The van der Waals surface area contributed by atoms with Crippen molar-refractivity contribution in [3.8, 4) is 0 Å². The van der Waals surface area contributed by atoms with E-state index < -0.39 is 5.66 Å². The van der Waals surface area contributed by atoms with Crippen molar-refractivity contribution in [3.63, 3.8) is 0 Å². The standard InChI is InChI=1S/C9H12N4S/c10-8-12-4-3-9(11,13-8)6-7-2-1-5-14-7/h1-5H,6,11H2,(H3,10,12,13). The Morgan fingerprint density at radius 3 is 3.07 bits per heavy atom. The first-order valence-electron chi connectivity index (χ1n) is 4.29. The van der Waals surface area contributed by atoms with Crippen molar-refractivity contribution in [2.75, 3.05) is 0 Å². The molecule has 2 heterocycles. The third-order valence-electron chi connectivity index (χ3n) is 1.97. The van der Waals surface area contributed by atoms with Crippen LogP contribution in [0.5, 0.6) is 0 Å². The number of hydrogen-bond acceptors (Lipinski definition) is 5. The second-order valence-electron chi connectivity index (χ2n) is 3.22. The van der Waals surface area contributed by atoms with Crippen molar-refractivity contribution >= 4 is 17.3 Å². The second kappa shape index (κ2) is 3.43. The van der Waals surface area contributed by atoms with Gasteiger partial charge in [-0.3, -0.25) is 0 Å². The van der Waals surface area contributed by atoms with Crippen LogP contribution in [0.25, 0.3) is 0 Å². The fourth-order valence-corrected chi connectivity index (χ4v) is 2.16. The van der Waals surface area contributed by atoms with Crippen molar-refractivity contribution in [1.82, 2.24) is 5.32 Å². The van der Waals surface area contributed by atoms with Crippen molar-refractivity contribution in [3.05, 3.63) is 34.7 Å². The lowest BCUT2D eigenvalue weighted by Crippen LogP contribution is -2.45. The van der Waals surface area contributed by atoms with Gasteiger partial charge in [-0.25, -0.2) is 4.99 Å². The summed E-state index contributed by atoms with van der Waals surface area (Å²) in [5.74, 6) is 0.367. The molecule has 1 aliphatic rings. The number of hydrogen-bond donors (Lipinski definition) is 3. The monoisotopic (exact) mass is 208 g/mol. The normalized spacial score (nSPS) is 25.6. The Morgan fingerprint density at radius 2 is 2.43 bits per heavy atom. The van der Waals surface area contributed by atoms with E-state index in [-0.39, 0.29) is 0 Å². The number of aliphatic imine (C=N–C) groups is 1. The lowest BCUT2D eigenvalue weighted by molar-refractivity contribution is 0.546. The van der Waals surface area contributed by atoms with Gasteiger partial charge in [0.05, 0.1) is 0 Å². The lowest BCUT2D eigenvalue weighted by atomic mass is 10.1. The van der Waals surface area contributed by atoms with E-state index >= 15 is 0 Å². The van der Waals surface area contributed by atoms with Crippen LogP contribution >= 0.6 is 11.3 Å². The van der Waals surface area contributed by atoms with Gasteiger partial charge in [0.25, 0.3) is 0 Å². The maximum Gasteiger partial charge on any atom is 0.194 e. The first-order valence-corrected chi connectivity index (χ1v) is 5.17. The first kappa shape index (κ1) is 9.23. The minimum absolute atomic E-state index is 0.367. The summed E-state index contributed by atoms with van der Waals surface area (Å²) >= 11 is 1.67. The molecule has 1 unspecified atom stereocenters. The summed E-state index contributed by atoms with van der Waals surface area (Å²) in [6.45, 7) is 0. The van der Waals surface area contributed by atoms with Crippen molar-refractivity contribution in [1.29, 1.82) is 0 Å². The van der Waals surface area contributed by atoms with Crippen LogP contribution in [0, 0.1) is 0 Å². The van der Waals surface area contributed by atoms with E-state index in [9.17, 15) is 0 Å². The molecule has 1 aliphatic heterocycles. The smallest absolute Gasteiger partial charge is 0.194 e. The van der Waals surface area contributed by atoms with Crippen LogP contribution in [-0.2, 0) is 6.42 Å². The van der Waals surface area contributed by atoms with Gasteiger partial charge in [0.15, 0.2) is 5.96 Å². The molecule has 0 spiro atoms. The molecule has 1 atom stereocenters. The van der Waals surface area contributed by atoms with Crippen LogP contribution in [0.4, 0.5) is 0 Å². The summed E-state index contributed by atoms with van der Waals surface area (Å²) in [5.41, 5.74) is 10.9. The van der Waals surface area contributed by atoms with Crippen LogP contribution in [-0.4, -0.2) is 11.6 Å². The van der Waals surface area contributed by atoms with Crippen molar-refractivity contribution in [2.24, 2.45) is 16.5 Å². The summed E-state index contributed by atoms with van der Waals surface area (Å²) in [4.78, 5) is 5.37. The molecule has 5 N–H and O–H groups in total. The minimum Gasteiger partial charge on any atom is -0.370 e. The molecular formula is C9H12N4S. The summed E-state index contributed by atoms with van der Waals surface area (Å²) in [6.07, 6.45) is 4.24. The molecule has 2 rings (SSSR count). The topological polar surface area (TPSA) is 76.4 Å². The molecular weight excluding hydrogens is 196 g/mol. The Hall–Kier alpha value is -1.33. The highest BCUT2D eigenvalue weighted by Gasteiger charge is 2.24. The van der Waals surface area contributed by atoms with E-state index in [0.717, 1.165) is 0 Å². The van der Waals surface area contributed by atoms with E-state index in [4.69, 9.17) is 11.5 Å². The Bertz CT molecular complexity index is 368. The summed E-state index contributed by atoms with van der Waals surface area (Å²) < 4.78 is 0. The lowest BCUT2D eigenvalue weighted by Gasteiger charge is -2.24. The molecule has 0 aromatic carbocycles. The fourth-order valence-electron chi connectivity index (χ4n) is 1.36. The average Bonchev–Trinajstić information content (AvgIpc) is 2.55. The molecule has 5 heteroatoms. The highest BCUT2D eigenvalue weighted by atomic mass is 32.1. The zero-order chi connectivity index (χ0) is 10.0. The first-order chi connectivity index (χ1) is 6.68. The van der Waals surface area contributed by atoms with Crippen molar-refractivity contribution in [2.45, 2.75) is 12.1 Å². The molecule has 1 aromatic rings. The van der Waals surface area contributed by atoms with Gasteiger partial charge < -0.3 is 16.8 Å². The average molecular weight is 208 g/mol. The van der Waals surface area contributed by atoms with E-state index in [1.807, 2.05) is 23.6 Å². The highest BCUT2D eigenvalue weighted by Crippen LogP contribution is 2.19.